The van der Waals surface area contributed by atoms with Crippen LogP contribution in [-0.4, -0.2) is 120 Å². The Balaban J connectivity index is 0.741. The van der Waals surface area contributed by atoms with Gasteiger partial charge in [0.2, 0.25) is 50.4 Å². The normalized spacial score (nSPS) is 17.1. The van der Waals surface area contributed by atoms with E-state index in [1.165, 1.54) is 23.0 Å². The zero-order valence-corrected chi connectivity index (χ0v) is 44.5. The van der Waals surface area contributed by atoms with E-state index in [2.05, 4.69) is 53.7 Å². The molecule has 0 bridgehead atoms. The summed E-state index contributed by atoms with van der Waals surface area (Å²) >= 11 is 0. The number of unbranched alkanes of at least 4 members (excludes halogenated alkanes) is 1. The second-order valence-corrected chi connectivity index (χ2v) is 22.0. The maximum atomic E-state index is 15.5. The van der Waals surface area contributed by atoms with Crippen molar-refractivity contribution in [2.45, 2.75) is 101 Å². The van der Waals surface area contributed by atoms with E-state index in [4.69, 9.17) is 14.5 Å². The molecule has 9 rings (SSSR count). The molecule has 0 saturated heterocycles. The molecule has 25 heteroatoms. The molecule has 3 atom stereocenters. The lowest BCUT2D eigenvalue weighted by atomic mass is 9.81. The quantitative estimate of drug-likeness (QED) is 0.0171. The number of rotatable bonds is 21. The van der Waals surface area contributed by atoms with E-state index < -0.39 is 113 Å². The molecule has 2 aliphatic heterocycles. The molecule has 5 heterocycles. The zero-order chi connectivity index (χ0) is 56.9. The smallest absolute Gasteiger partial charge is 0.343 e. The monoisotopic (exact) mass is 1120 g/mol. The number of carbonyl (C=O) groups excluding carboxylic acids is 7. The molecule has 1 fully saturated rings. The minimum absolute atomic E-state index is 0.0301. The van der Waals surface area contributed by atoms with Gasteiger partial charge in [-0.05, 0) is 66.8 Å². The van der Waals surface area contributed by atoms with Crippen molar-refractivity contribution in [3.8, 4) is 23.2 Å². The molecule has 7 N–H and O–H groups in total. The highest BCUT2D eigenvalue weighted by molar-refractivity contribution is 7.90. The summed E-state index contributed by atoms with van der Waals surface area (Å²) in [7, 11) is -3.54. The number of carbonyl (C=O) groups is 7. The van der Waals surface area contributed by atoms with Crippen LogP contribution in [0.15, 0.2) is 64.8 Å². The van der Waals surface area contributed by atoms with E-state index in [1.807, 2.05) is 0 Å². The van der Waals surface area contributed by atoms with Crippen molar-refractivity contribution < 1.29 is 61.0 Å². The van der Waals surface area contributed by atoms with Gasteiger partial charge < -0.3 is 51.0 Å². The summed E-state index contributed by atoms with van der Waals surface area (Å²) < 4.78 is 50.8. The van der Waals surface area contributed by atoms with Crippen molar-refractivity contribution in [3.05, 3.63) is 116 Å². The third-order valence-corrected chi connectivity index (χ3v) is 15.1. The third-order valence-electron chi connectivity index (χ3n) is 14.2. The van der Waals surface area contributed by atoms with Crippen LogP contribution in [0.1, 0.15) is 95.5 Å². The number of pyridine rings is 2. The lowest BCUT2D eigenvalue weighted by Crippen LogP contribution is -2.52. The van der Waals surface area contributed by atoms with E-state index in [0.29, 0.717) is 75.8 Å². The fourth-order valence-corrected chi connectivity index (χ4v) is 10.5. The maximum absolute atomic E-state index is 15.5. The number of aromatic nitrogens is 4. The number of nitrogens with one attached hydrogen (secondary N) is 6. The number of esters is 1. The number of cyclic esters (lactones) is 1. The van der Waals surface area contributed by atoms with Crippen molar-refractivity contribution in [3.63, 3.8) is 0 Å². The number of amides is 6. The zero-order valence-electron chi connectivity index (χ0n) is 43.7. The Morgan fingerprint density at radius 2 is 1.62 bits per heavy atom. The van der Waals surface area contributed by atoms with Gasteiger partial charge in [0.1, 0.15) is 31.8 Å². The van der Waals surface area contributed by atoms with E-state index >= 15 is 4.39 Å². The average Bonchev–Trinajstić information content (AvgIpc) is 4.29. The number of ether oxygens (including phenoxy) is 2. The van der Waals surface area contributed by atoms with Gasteiger partial charge in [0.25, 0.3) is 5.56 Å². The highest BCUT2D eigenvalue weighted by atomic mass is 32.2. The Labute approximate surface area is 457 Å². The van der Waals surface area contributed by atoms with Gasteiger partial charge in [-0.25, -0.2) is 32.6 Å². The van der Waals surface area contributed by atoms with Crippen LogP contribution < -0.4 is 37.5 Å². The van der Waals surface area contributed by atoms with E-state index in [1.54, 1.807) is 43.3 Å². The molecule has 23 nitrogen and oxygen atoms in total. The molecule has 0 spiro atoms. The van der Waals surface area contributed by atoms with Crippen molar-refractivity contribution in [2.24, 2.45) is 5.92 Å². The molecule has 2 aliphatic carbocycles. The summed E-state index contributed by atoms with van der Waals surface area (Å²) in [4.78, 5) is 117. The number of sulfone groups is 1. The topological polar surface area (TPSA) is 325 Å². The molecule has 80 heavy (non-hydrogen) atoms. The van der Waals surface area contributed by atoms with Gasteiger partial charge in [0.15, 0.2) is 5.60 Å². The second kappa shape index (κ2) is 23.9. The Hall–Kier alpha value is -8.47. The lowest BCUT2D eigenvalue weighted by molar-refractivity contribution is -0.173. The van der Waals surface area contributed by atoms with Crippen LogP contribution in [0.4, 0.5) is 4.39 Å². The van der Waals surface area contributed by atoms with Gasteiger partial charge in [0.05, 0.1) is 60.3 Å². The highest BCUT2D eigenvalue weighted by Crippen LogP contribution is 2.48. The number of halogens is 1. The van der Waals surface area contributed by atoms with Gasteiger partial charge in [0, 0.05) is 60.5 Å². The predicted octanol–water partition coefficient (Wildman–Crippen LogP) is 0.603. The first kappa shape index (κ1) is 56.3. The van der Waals surface area contributed by atoms with E-state index in [-0.39, 0.29) is 54.6 Å². The number of benzene rings is 2. The van der Waals surface area contributed by atoms with Crippen LogP contribution in [0.3, 0.4) is 0 Å². The molecule has 0 radical (unpaired) electrons. The molecule has 1 saturated carbocycles. The molecule has 4 aliphatic rings. The first-order valence-corrected chi connectivity index (χ1v) is 27.8. The second-order valence-electron chi connectivity index (χ2n) is 20.1. The molecular weight excluding hydrogens is 1060 g/mol. The van der Waals surface area contributed by atoms with Crippen molar-refractivity contribution in [1.29, 1.82) is 0 Å². The van der Waals surface area contributed by atoms with Gasteiger partial charge >= 0.3 is 5.97 Å². The third kappa shape index (κ3) is 12.8. The van der Waals surface area contributed by atoms with Gasteiger partial charge in [-0.15, -0.1) is 0 Å². The Morgan fingerprint density at radius 1 is 0.912 bits per heavy atom. The van der Waals surface area contributed by atoms with Crippen molar-refractivity contribution >= 4 is 62.2 Å². The molecular formula is C55H57FN10O13S. The van der Waals surface area contributed by atoms with Crippen LogP contribution in [0.25, 0.3) is 22.3 Å². The number of aliphatic hydroxyl groups is 1. The molecule has 2 aromatic carbocycles. The number of hydrogen-bond acceptors (Lipinski definition) is 16. The molecule has 418 valence electrons. The fraction of sp³-hybridized carbons (Fsp3) is 0.400. The summed E-state index contributed by atoms with van der Waals surface area (Å²) in [6.07, 6.45) is 6.87. The summed E-state index contributed by atoms with van der Waals surface area (Å²) in [5, 5.41) is 27.5. The van der Waals surface area contributed by atoms with Gasteiger partial charge in [-0.2, -0.15) is 0 Å². The highest BCUT2D eigenvalue weighted by Gasteiger charge is 2.50. The van der Waals surface area contributed by atoms with Gasteiger partial charge in [-0.3, -0.25) is 33.6 Å². The first-order valence-electron chi connectivity index (χ1n) is 25.9. The Bertz CT molecular complexity index is 3580. The van der Waals surface area contributed by atoms with E-state index in [0.717, 1.165) is 24.7 Å². The van der Waals surface area contributed by atoms with Crippen LogP contribution in [0, 0.1) is 30.5 Å². The van der Waals surface area contributed by atoms with Crippen LogP contribution in [0.5, 0.6) is 0 Å². The SMILES string of the molecule is Cc1c(F)cc2nc3c(c4c2c1CC[C@@H]4NC(=O)COCNC(=O)CNC(=O)[C@H](Cc1ccccc1)NC(=O)CNC(=O)CNC(=O)CCCC#Cc1cnc(S(C)(=O)=O)nc1)Cn1c-3cc2c(c1=O)COC(=O)[C@]2(O)CC1CC1. The number of fused-ring (bicyclic) bond motifs is 5. The average molecular weight is 1120 g/mol. The Kier molecular flexibility index (Phi) is 16.8. The maximum Gasteiger partial charge on any atom is 0.343 e. The standard InChI is InChI=1S/C55H57FN10O13S/c1-30-34-15-16-39(49-35-26-66-42(50(35)65-40(48(34)49)19-38(30)56)18-37-36(52(66)73)27-79-53(74)55(37,75)20-32-13-14-32)63-47(71)28-78-29-62-45(69)24-59-51(72)41(17-31-9-5-3-6-10-31)64-46(70)25-58-44(68)23-57-43(67)12-8-4-7-11-33-21-60-54(61-22-33)80(2,76)77/h3,5-6,9-10,18-19,21-22,32,39,41,75H,4,8,12-17,20,23-29H2,1-2H3,(H,57,67)(H,58,68)(H,59,72)(H,62,69)(H,63,71)(H,64,70)/t39-,41-,55-/m0/s1. The van der Waals surface area contributed by atoms with Crippen LogP contribution in [0.2, 0.25) is 0 Å². The first-order chi connectivity index (χ1) is 38.3. The van der Waals surface area contributed by atoms with Crippen molar-refractivity contribution in [1.82, 2.24) is 51.4 Å². The summed E-state index contributed by atoms with van der Waals surface area (Å²) in [5.74, 6) is 0.677. The number of hydrogen-bond donors (Lipinski definition) is 7. The minimum Gasteiger partial charge on any atom is -0.458 e. The molecule has 5 aromatic rings. The van der Waals surface area contributed by atoms with E-state index in [9.17, 15) is 51.9 Å². The van der Waals surface area contributed by atoms with Gasteiger partial charge in [-0.1, -0.05) is 55.0 Å². The molecule has 0 unspecified atom stereocenters. The van der Waals surface area contributed by atoms with Crippen molar-refractivity contribution in [2.75, 3.05) is 39.2 Å². The summed E-state index contributed by atoms with van der Waals surface area (Å²) in [5.41, 5.74) is 2.46. The molecule has 6 amide bonds. The van der Waals surface area contributed by atoms with Crippen LogP contribution in [-0.2, 0) is 84.5 Å². The number of aryl methyl sites for hydroxylation is 1. The van der Waals surface area contributed by atoms with Crippen LogP contribution >= 0.6 is 0 Å². The Morgan fingerprint density at radius 3 is 2.36 bits per heavy atom. The largest absolute Gasteiger partial charge is 0.458 e. The summed E-state index contributed by atoms with van der Waals surface area (Å²) in [6.45, 7) is -0.971. The summed E-state index contributed by atoms with van der Waals surface area (Å²) in [6, 6.07) is 9.88. The minimum atomic E-state index is -3.54. The molecule has 3 aromatic heterocycles. The predicted molar refractivity (Wildman–Crippen MR) is 281 cm³/mol. The lowest BCUT2D eigenvalue weighted by Gasteiger charge is -2.32. The number of nitrogens with zero attached hydrogens (tertiary/aromatic N) is 4. The fourth-order valence-electron chi connectivity index (χ4n) is 10.0.